The molecule has 2 heteroatoms. The highest BCUT2D eigenvalue weighted by atomic mass is 35.5. The van der Waals surface area contributed by atoms with Crippen LogP contribution in [0.2, 0.25) is 5.02 Å². The van der Waals surface area contributed by atoms with Gasteiger partial charge in [-0.15, -0.1) is 0 Å². The predicted octanol–water partition coefficient (Wildman–Crippen LogP) is 4.62. The summed E-state index contributed by atoms with van der Waals surface area (Å²) in [6, 6.07) is 8.11. The van der Waals surface area contributed by atoms with Crippen molar-refractivity contribution in [3.63, 3.8) is 0 Å². The fraction of sp³-hybridized carbons (Fsp3) is 0.214. The van der Waals surface area contributed by atoms with Crippen molar-refractivity contribution in [2.45, 2.75) is 20.3 Å². The highest BCUT2D eigenvalue weighted by molar-refractivity contribution is 6.32. The van der Waals surface area contributed by atoms with Crippen molar-refractivity contribution in [2.75, 3.05) is 0 Å². The van der Waals surface area contributed by atoms with Crippen molar-refractivity contribution in [3.05, 3.63) is 46.6 Å². The van der Waals surface area contributed by atoms with Gasteiger partial charge in [0.25, 0.3) is 0 Å². The predicted molar refractivity (Wildman–Crippen MR) is 70.8 cm³/mol. The molecule has 0 unspecified atom stereocenters. The second kappa shape index (κ2) is 4.67. The van der Waals surface area contributed by atoms with E-state index in [1.54, 1.807) is 0 Å². The molecule has 0 saturated carbocycles. The molecule has 1 aromatic heterocycles. The van der Waals surface area contributed by atoms with Crippen LogP contribution in [0.15, 0.2) is 30.3 Å². The third kappa shape index (κ3) is 2.25. The number of aromatic nitrogens is 1. The van der Waals surface area contributed by atoms with Crippen molar-refractivity contribution in [1.82, 2.24) is 4.98 Å². The first kappa shape index (κ1) is 11.2. The van der Waals surface area contributed by atoms with Crippen LogP contribution in [0.1, 0.15) is 24.6 Å². The number of allylic oxidation sites excluding steroid dienone is 1. The molecule has 0 spiro atoms. The Labute approximate surface area is 101 Å². The van der Waals surface area contributed by atoms with Crippen LogP contribution in [-0.4, -0.2) is 4.98 Å². The van der Waals surface area contributed by atoms with Crippen molar-refractivity contribution in [3.8, 4) is 0 Å². The van der Waals surface area contributed by atoms with Crippen LogP contribution in [0.3, 0.4) is 0 Å². The van der Waals surface area contributed by atoms with Gasteiger partial charge in [-0.3, -0.25) is 4.98 Å². The highest BCUT2D eigenvalue weighted by Crippen LogP contribution is 2.24. The smallest absolute Gasteiger partial charge is 0.0720 e. The number of rotatable bonds is 2. The summed E-state index contributed by atoms with van der Waals surface area (Å²) in [5.74, 6) is 0. The molecule has 0 aliphatic rings. The molecule has 1 nitrogen and oxygen atoms in total. The van der Waals surface area contributed by atoms with E-state index in [9.17, 15) is 0 Å². The van der Waals surface area contributed by atoms with E-state index in [-0.39, 0.29) is 0 Å². The number of aryl methyl sites for hydroxylation is 1. The summed E-state index contributed by atoms with van der Waals surface area (Å²) in [4.78, 5) is 4.45. The quantitative estimate of drug-likeness (QED) is 0.735. The van der Waals surface area contributed by atoms with E-state index in [2.05, 4.69) is 36.2 Å². The number of halogens is 1. The Hall–Kier alpha value is -1.34. The van der Waals surface area contributed by atoms with Crippen LogP contribution >= 0.6 is 11.6 Å². The van der Waals surface area contributed by atoms with E-state index in [0.717, 1.165) is 33.6 Å². The third-order valence-electron chi connectivity index (χ3n) is 2.48. The van der Waals surface area contributed by atoms with Crippen molar-refractivity contribution < 1.29 is 0 Å². The molecule has 0 radical (unpaired) electrons. The Morgan fingerprint density at radius 2 is 2.12 bits per heavy atom. The van der Waals surface area contributed by atoms with Gasteiger partial charge >= 0.3 is 0 Å². The molecule has 0 atom stereocenters. The molecule has 1 heterocycles. The average molecular weight is 232 g/mol. The lowest BCUT2D eigenvalue weighted by Crippen LogP contribution is -1.85. The zero-order valence-corrected chi connectivity index (χ0v) is 10.3. The lowest BCUT2D eigenvalue weighted by atomic mass is 10.1. The van der Waals surface area contributed by atoms with Crippen LogP contribution in [0.4, 0.5) is 0 Å². The van der Waals surface area contributed by atoms with E-state index < -0.39 is 0 Å². The van der Waals surface area contributed by atoms with Gasteiger partial charge in [0.05, 0.1) is 5.52 Å². The maximum absolute atomic E-state index is 6.20. The standard InChI is InChI=1S/C14H14ClN/c1-3-4-5-11-8-12-7-6-10(2)16-14(12)9-13(11)15/h4-9H,3H2,1-2H3/b5-4+. The summed E-state index contributed by atoms with van der Waals surface area (Å²) in [6.45, 7) is 4.09. The third-order valence-corrected chi connectivity index (χ3v) is 2.81. The molecular weight excluding hydrogens is 218 g/mol. The van der Waals surface area contributed by atoms with E-state index in [4.69, 9.17) is 11.6 Å². The average Bonchev–Trinajstić information content (AvgIpc) is 2.26. The van der Waals surface area contributed by atoms with Crippen LogP contribution in [0.25, 0.3) is 17.0 Å². The van der Waals surface area contributed by atoms with Crippen LogP contribution in [0.5, 0.6) is 0 Å². The van der Waals surface area contributed by atoms with Gasteiger partial charge in [0.2, 0.25) is 0 Å². The van der Waals surface area contributed by atoms with E-state index in [0.29, 0.717) is 0 Å². The molecule has 0 bridgehead atoms. The maximum Gasteiger partial charge on any atom is 0.0720 e. The summed E-state index contributed by atoms with van der Waals surface area (Å²) in [7, 11) is 0. The maximum atomic E-state index is 6.20. The molecule has 82 valence electrons. The number of hydrogen-bond donors (Lipinski definition) is 0. The molecule has 1 aromatic carbocycles. The number of fused-ring (bicyclic) bond motifs is 1. The number of hydrogen-bond acceptors (Lipinski definition) is 1. The fourth-order valence-corrected chi connectivity index (χ4v) is 1.86. The van der Waals surface area contributed by atoms with Gasteiger partial charge < -0.3 is 0 Å². The Kier molecular flexibility index (Phi) is 3.25. The zero-order chi connectivity index (χ0) is 11.5. The highest BCUT2D eigenvalue weighted by Gasteiger charge is 2.01. The molecule has 0 aliphatic carbocycles. The van der Waals surface area contributed by atoms with Gasteiger partial charge in [0.15, 0.2) is 0 Å². The number of pyridine rings is 1. The van der Waals surface area contributed by atoms with Gasteiger partial charge in [-0.05, 0) is 37.1 Å². The second-order valence-electron chi connectivity index (χ2n) is 3.83. The molecule has 0 amide bonds. The van der Waals surface area contributed by atoms with E-state index in [1.807, 2.05) is 19.1 Å². The summed E-state index contributed by atoms with van der Waals surface area (Å²) in [6.07, 6.45) is 5.18. The summed E-state index contributed by atoms with van der Waals surface area (Å²) >= 11 is 6.20. The topological polar surface area (TPSA) is 12.9 Å². The summed E-state index contributed by atoms with van der Waals surface area (Å²) in [5.41, 5.74) is 3.03. The van der Waals surface area contributed by atoms with Crippen LogP contribution < -0.4 is 0 Å². The molecule has 0 N–H and O–H groups in total. The van der Waals surface area contributed by atoms with E-state index in [1.165, 1.54) is 0 Å². The molecular formula is C14H14ClN. The second-order valence-corrected chi connectivity index (χ2v) is 4.24. The lowest BCUT2D eigenvalue weighted by Gasteiger charge is -2.03. The zero-order valence-electron chi connectivity index (χ0n) is 9.50. The first-order chi connectivity index (χ1) is 7.70. The molecule has 16 heavy (non-hydrogen) atoms. The first-order valence-electron chi connectivity index (χ1n) is 5.44. The minimum atomic E-state index is 0.760. The van der Waals surface area contributed by atoms with Gasteiger partial charge in [-0.25, -0.2) is 0 Å². The van der Waals surface area contributed by atoms with Crippen LogP contribution in [0, 0.1) is 6.92 Å². The minimum Gasteiger partial charge on any atom is -0.253 e. The monoisotopic (exact) mass is 231 g/mol. The molecule has 0 aliphatic heterocycles. The Morgan fingerprint density at radius 1 is 1.31 bits per heavy atom. The normalized spacial score (nSPS) is 11.4. The summed E-state index contributed by atoms with van der Waals surface area (Å²) in [5, 5.41) is 1.89. The Bertz CT molecular complexity index is 544. The first-order valence-corrected chi connectivity index (χ1v) is 5.82. The van der Waals surface area contributed by atoms with Crippen molar-refractivity contribution in [2.24, 2.45) is 0 Å². The Morgan fingerprint density at radius 3 is 2.88 bits per heavy atom. The molecule has 0 saturated heterocycles. The fourth-order valence-electron chi connectivity index (χ4n) is 1.64. The van der Waals surface area contributed by atoms with Crippen LogP contribution in [-0.2, 0) is 0 Å². The number of benzene rings is 1. The Balaban J connectivity index is 2.58. The van der Waals surface area contributed by atoms with E-state index >= 15 is 0 Å². The van der Waals surface area contributed by atoms with Gasteiger partial charge in [-0.2, -0.15) is 0 Å². The van der Waals surface area contributed by atoms with Crippen molar-refractivity contribution in [1.29, 1.82) is 0 Å². The minimum absolute atomic E-state index is 0.760. The molecule has 2 aromatic rings. The SMILES string of the molecule is CC/C=C/c1cc2ccc(C)nc2cc1Cl. The molecule has 2 rings (SSSR count). The molecule has 0 fully saturated rings. The van der Waals surface area contributed by atoms with Gasteiger partial charge in [0, 0.05) is 16.1 Å². The summed E-state index contributed by atoms with van der Waals surface area (Å²) < 4.78 is 0. The largest absolute Gasteiger partial charge is 0.253 e. The van der Waals surface area contributed by atoms with Crippen molar-refractivity contribution >= 4 is 28.6 Å². The van der Waals surface area contributed by atoms with Gasteiger partial charge in [-0.1, -0.05) is 36.7 Å². The van der Waals surface area contributed by atoms with Gasteiger partial charge in [0.1, 0.15) is 0 Å². The lowest BCUT2D eigenvalue weighted by molar-refractivity contribution is 1.23. The number of nitrogens with zero attached hydrogens (tertiary/aromatic N) is 1.